The highest BCUT2D eigenvalue weighted by Gasteiger charge is 2.36. The molecule has 1 aromatic heterocycles. The van der Waals surface area contributed by atoms with Crippen LogP contribution in [0.15, 0.2) is 18.5 Å². The van der Waals surface area contributed by atoms with Crippen LogP contribution in [-0.2, 0) is 22.6 Å². The fourth-order valence-corrected chi connectivity index (χ4v) is 3.08. The molecule has 0 spiro atoms. The molecular weight excluding hydrogens is 322 g/mol. The normalized spacial score (nSPS) is 16.4. The number of hydrogen-bond donors (Lipinski definition) is 2. The number of hydrogen-bond acceptors (Lipinski definition) is 4. The fourth-order valence-electron chi connectivity index (χ4n) is 3.08. The van der Waals surface area contributed by atoms with Gasteiger partial charge in [0.05, 0.1) is 24.3 Å². The molecule has 7 nitrogen and oxygen atoms in total. The third-order valence-electron chi connectivity index (χ3n) is 4.72. The maximum absolute atomic E-state index is 12.6. The van der Waals surface area contributed by atoms with Gasteiger partial charge in [-0.3, -0.25) is 4.79 Å². The minimum Gasteiger partial charge on any atom is -0.483 e. The van der Waals surface area contributed by atoms with Gasteiger partial charge in [-0.1, -0.05) is 12.1 Å². The summed E-state index contributed by atoms with van der Waals surface area (Å²) >= 11 is 0. The number of carboxylic acids is 1. The van der Waals surface area contributed by atoms with Crippen LogP contribution in [0.2, 0.25) is 0 Å². The van der Waals surface area contributed by atoms with Gasteiger partial charge in [0.25, 0.3) is 5.91 Å². The molecule has 1 unspecified atom stereocenters. The van der Waals surface area contributed by atoms with E-state index in [1.165, 1.54) is 11.2 Å². The number of imidazole rings is 1. The number of aryl methyl sites for hydroxylation is 2. The molecule has 3 rings (SSSR count). The number of aliphatic carboxylic acids is 1. The van der Waals surface area contributed by atoms with Gasteiger partial charge in [-0.2, -0.15) is 0 Å². The number of amides is 1. The summed E-state index contributed by atoms with van der Waals surface area (Å²) in [5, 5.41) is 9.46. The summed E-state index contributed by atoms with van der Waals surface area (Å²) in [5.41, 5.74) is 4.48. The largest absolute Gasteiger partial charge is 0.483 e. The summed E-state index contributed by atoms with van der Waals surface area (Å²) in [5.74, 6) is -0.711. The molecule has 1 aromatic carbocycles. The molecule has 0 saturated carbocycles. The predicted octanol–water partition coefficient (Wildman–Crippen LogP) is 1.75. The number of benzene rings is 1. The van der Waals surface area contributed by atoms with Gasteiger partial charge in [0.2, 0.25) is 0 Å². The Morgan fingerprint density at radius 2 is 2.04 bits per heavy atom. The Hall–Kier alpha value is -2.83. The van der Waals surface area contributed by atoms with Crippen LogP contribution in [0, 0.1) is 20.8 Å². The quantitative estimate of drug-likeness (QED) is 0.882. The highest BCUT2D eigenvalue weighted by Crippen LogP contribution is 2.26. The van der Waals surface area contributed by atoms with Crippen molar-refractivity contribution < 1.29 is 19.4 Å². The molecule has 2 heterocycles. The minimum atomic E-state index is -1.04. The Morgan fingerprint density at radius 1 is 1.32 bits per heavy atom. The number of fused-ring (bicyclic) bond motifs is 1. The number of aromatic nitrogens is 2. The molecule has 7 heteroatoms. The molecule has 2 aromatic rings. The summed E-state index contributed by atoms with van der Waals surface area (Å²) in [6.07, 6.45) is 1.72. The van der Waals surface area contributed by atoms with Crippen LogP contribution in [0.1, 0.15) is 28.1 Å². The SMILES string of the molecule is Cc1ccc(C)c(OCC(=O)N2Cc3[nH]cnc3CC2C(=O)O)c1C. The number of aromatic amines is 1. The Bertz CT molecular complexity index is 828. The minimum absolute atomic E-state index is 0.195. The lowest BCUT2D eigenvalue weighted by atomic mass is 10.0. The Labute approximate surface area is 145 Å². The lowest BCUT2D eigenvalue weighted by Crippen LogP contribution is -2.50. The van der Waals surface area contributed by atoms with E-state index in [1.807, 2.05) is 32.9 Å². The van der Waals surface area contributed by atoms with Crippen LogP contribution >= 0.6 is 0 Å². The van der Waals surface area contributed by atoms with Gasteiger partial charge in [0.15, 0.2) is 6.61 Å². The van der Waals surface area contributed by atoms with Crippen LogP contribution in [0.4, 0.5) is 0 Å². The van der Waals surface area contributed by atoms with E-state index in [2.05, 4.69) is 9.97 Å². The van der Waals surface area contributed by atoms with Crippen molar-refractivity contribution in [1.82, 2.24) is 14.9 Å². The zero-order valence-electron chi connectivity index (χ0n) is 14.5. The van der Waals surface area contributed by atoms with Gasteiger partial charge >= 0.3 is 5.97 Å². The number of nitrogens with zero attached hydrogens (tertiary/aromatic N) is 2. The molecule has 2 N–H and O–H groups in total. The average molecular weight is 343 g/mol. The molecule has 132 valence electrons. The maximum atomic E-state index is 12.6. The molecule has 25 heavy (non-hydrogen) atoms. The maximum Gasteiger partial charge on any atom is 0.326 e. The molecule has 1 amide bonds. The second-order valence-electron chi connectivity index (χ2n) is 6.35. The van der Waals surface area contributed by atoms with E-state index in [0.717, 1.165) is 22.4 Å². The van der Waals surface area contributed by atoms with E-state index in [4.69, 9.17) is 4.74 Å². The third-order valence-corrected chi connectivity index (χ3v) is 4.72. The Morgan fingerprint density at radius 3 is 2.76 bits per heavy atom. The first-order chi connectivity index (χ1) is 11.9. The molecule has 1 atom stereocenters. The van der Waals surface area contributed by atoms with Crippen LogP contribution < -0.4 is 4.74 Å². The summed E-state index contributed by atoms with van der Waals surface area (Å²) in [4.78, 5) is 32.6. The van der Waals surface area contributed by atoms with Gasteiger partial charge in [-0.25, -0.2) is 9.78 Å². The summed E-state index contributed by atoms with van der Waals surface area (Å²) < 4.78 is 5.75. The van der Waals surface area contributed by atoms with Gasteiger partial charge in [0.1, 0.15) is 11.8 Å². The van der Waals surface area contributed by atoms with Gasteiger partial charge in [-0.15, -0.1) is 0 Å². The summed E-state index contributed by atoms with van der Waals surface area (Å²) in [6.45, 7) is 5.84. The average Bonchev–Trinajstić information content (AvgIpc) is 3.04. The zero-order chi connectivity index (χ0) is 18.1. The lowest BCUT2D eigenvalue weighted by Gasteiger charge is -2.32. The molecule has 1 aliphatic rings. The van der Waals surface area contributed by atoms with E-state index >= 15 is 0 Å². The van der Waals surface area contributed by atoms with Crippen molar-refractivity contribution in [2.75, 3.05) is 6.61 Å². The van der Waals surface area contributed by atoms with E-state index < -0.39 is 12.0 Å². The van der Waals surface area contributed by atoms with Crippen molar-refractivity contribution in [3.8, 4) is 5.75 Å². The number of carbonyl (C=O) groups is 2. The fraction of sp³-hybridized carbons (Fsp3) is 0.389. The number of H-pyrrole nitrogens is 1. The van der Waals surface area contributed by atoms with Crippen molar-refractivity contribution in [3.05, 3.63) is 46.5 Å². The molecule has 1 aliphatic heterocycles. The van der Waals surface area contributed by atoms with Gasteiger partial charge in [-0.05, 0) is 37.5 Å². The molecular formula is C18H21N3O4. The van der Waals surface area contributed by atoms with E-state index in [-0.39, 0.29) is 25.5 Å². The number of rotatable bonds is 4. The molecule has 0 saturated heterocycles. The zero-order valence-corrected chi connectivity index (χ0v) is 14.5. The smallest absolute Gasteiger partial charge is 0.326 e. The standard InChI is InChI=1S/C18H21N3O4/c1-10-4-5-11(2)17(12(10)3)25-8-16(22)21-7-14-13(19-9-20-14)6-15(21)18(23)24/h4-5,9,15H,6-8H2,1-3H3,(H,19,20)(H,23,24). The Balaban J connectivity index is 1.76. The van der Waals surface area contributed by atoms with Gasteiger partial charge in [0, 0.05) is 6.42 Å². The van der Waals surface area contributed by atoms with Crippen LogP contribution in [0.25, 0.3) is 0 Å². The van der Waals surface area contributed by atoms with Gasteiger partial charge < -0.3 is 19.7 Å². The number of nitrogens with one attached hydrogen (secondary N) is 1. The van der Waals surface area contributed by atoms with Crippen molar-refractivity contribution in [2.45, 2.75) is 39.8 Å². The topological polar surface area (TPSA) is 95.5 Å². The second kappa shape index (κ2) is 6.58. The van der Waals surface area contributed by atoms with Crippen molar-refractivity contribution >= 4 is 11.9 Å². The molecule has 0 fully saturated rings. The molecule has 0 aliphatic carbocycles. The Kier molecular flexibility index (Phi) is 4.48. The summed E-state index contributed by atoms with van der Waals surface area (Å²) in [6, 6.07) is 3.02. The third kappa shape index (κ3) is 3.22. The first kappa shape index (κ1) is 17.0. The first-order valence-corrected chi connectivity index (χ1v) is 8.11. The van der Waals surface area contributed by atoms with Crippen LogP contribution in [-0.4, -0.2) is 44.5 Å². The predicted molar refractivity (Wildman–Crippen MR) is 90.4 cm³/mol. The van der Waals surface area contributed by atoms with Crippen molar-refractivity contribution in [1.29, 1.82) is 0 Å². The van der Waals surface area contributed by atoms with Crippen molar-refractivity contribution in [3.63, 3.8) is 0 Å². The first-order valence-electron chi connectivity index (χ1n) is 8.11. The van der Waals surface area contributed by atoms with Crippen LogP contribution in [0.5, 0.6) is 5.75 Å². The van der Waals surface area contributed by atoms with Crippen molar-refractivity contribution in [2.24, 2.45) is 0 Å². The monoisotopic (exact) mass is 343 g/mol. The van der Waals surface area contributed by atoms with Crippen LogP contribution in [0.3, 0.4) is 0 Å². The van der Waals surface area contributed by atoms with E-state index in [1.54, 1.807) is 0 Å². The highest BCUT2D eigenvalue weighted by molar-refractivity contribution is 5.85. The number of ether oxygens (including phenoxy) is 1. The lowest BCUT2D eigenvalue weighted by molar-refractivity contribution is -0.152. The number of carboxylic acid groups (broad SMARTS) is 1. The van der Waals surface area contributed by atoms with E-state index in [9.17, 15) is 14.7 Å². The second-order valence-corrected chi connectivity index (χ2v) is 6.35. The molecule has 0 bridgehead atoms. The summed E-state index contributed by atoms with van der Waals surface area (Å²) in [7, 11) is 0. The van der Waals surface area contributed by atoms with E-state index in [0.29, 0.717) is 11.4 Å². The number of carbonyl (C=O) groups excluding carboxylic acids is 1. The highest BCUT2D eigenvalue weighted by atomic mass is 16.5. The molecule has 0 radical (unpaired) electrons.